The third-order valence-electron chi connectivity index (χ3n) is 3.50. The molecule has 0 atom stereocenters. The zero-order chi connectivity index (χ0) is 15.9. The van der Waals surface area contributed by atoms with Crippen molar-refractivity contribution in [1.82, 2.24) is 10.3 Å². The number of anilines is 1. The molecule has 5 heteroatoms. The van der Waals surface area contributed by atoms with Crippen LogP contribution in [0.3, 0.4) is 0 Å². The Hall–Kier alpha value is -0.650. The van der Waals surface area contributed by atoms with Gasteiger partial charge in [0.15, 0.2) is 5.13 Å². The van der Waals surface area contributed by atoms with Crippen LogP contribution in [0.1, 0.15) is 52.3 Å². The third-order valence-corrected chi connectivity index (χ3v) is 4.53. The first-order valence-corrected chi connectivity index (χ1v) is 8.68. The van der Waals surface area contributed by atoms with Crippen molar-refractivity contribution in [3.05, 3.63) is 11.1 Å². The number of hydrogen-bond donors (Lipinski definition) is 1. The quantitative estimate of drug-likeness (QED) is 0.755. The lowest BCUT2D eigenvalue weighted by molar-refractivity contribution is 0.202. The van der Waals surface area contributed by atoms with E-state index in [-0.39, 0.29) is 5.54 Å². The summed E-state index contributed by atoms with van der Waals surface area (Å²) in [5.41, 5.74) is 0.134. The first-order valence-electron chi connectivity index (χ1n) is 7.86. The Labute approximate surface area is 133 Å². The van der Waals surface area contributed by atoms with Crippen LogP contribution in [0.2, 0.25) is 0 Å². The van der Waals surface area contributed by atoms with Gasteiger partial charge >= 0.3 is 0 Å². The average molecular weight is 314 g/mol. The van der Waals surface area contributed by atoms with Crippen LogP contribution in [0.25, 0.3) is 0 Å². The van der Waals surface area contributed by atoms with E-state index in [0.29, 0.717) is 6.04 Å². The van der Waals surface area contributed by atoms with Crippen molar-refractivity contribution in [2.45, 2.75) is 65.6 Å². The van der Waals surface area contributed by atoms with Gasteiger partial charge in [0, 0.05) is 42.9 Å². The number of rotatable bonds is 9. The highest BCUT2D eigenvalue weighted by atomic mass is 32.1. The number of thiazole rings is 1. The Bertz CT molecular complexity index is 396. The molecule has 21 heavy (non-hydrogen) atoms. The van der Waals surface area contributed by atoms with Gasteiger partial charge in [-0.1, -0.05) is 13.8 Å². The minimum Gasteiger partial charge on any atom is -0.383 e. The predicted molar refractivity (Wildman–Crippen MR) is 92.3 cm³/mol. The summed E-state index contributed by atoms with van der Waals surface area (Å²) < 4.78 is 5.25. The molecule has 0 aliphatic rings. The smallest absolute Gasteiger partial charge is 0.185 e. The van der Waals surface area contributed by atoms with Gasteiger partial charge in [-0.3, -0.25) is 0 Å². The highest BCUT2D eigenvalue weighted by Crippen LogP contribution is 2.26. The zero-order valence-corrected chi connectivity index (χ0v) is 15.2. The molecule has 0 amide bonds. The fourth-order valence-electron chi connectivity index (χ4n) is 2.22. The van der Waals surface area contributed by atoms with Crippen LogP contribution in [0.5, 0.6) is 0 Å². The van der Waals surface area contributed by atoms with E-state index in [1.807, 2.05) is 6.20 Å². The summed E-state index contributed by atoms with van der Waals surface area (Å²) in [6.07, 6.45) is 4.27. The largest absolute Gasteiger partial charge is 0.383 e. The van der Waals surface area contributed by atoms with Gasteiger partial charge in [-0.05, 0) is 33.6 Å². The summed E-state index contributed by atoms with van der Waals surface area (Å²) >= 11 is 1.79. The van der Waals surface area contributed by atoms with Crippen LogP contribution in [-0.4, -0.2) is 36.8 Å². The molecule has 0 bridgehead atoms. The maximum atomic E-state index is 5.25. The molecule has 122 valence electrons. The fourth-order valence-corrected chi connectivity index (χ4v) is 3.16. The molecule has 1 N–H and O–H groups in total. The highest BCUT2D eigenvalue weighted by molar-refractivity contribution is 7.15. The molecule has 0 saturated carbocycles. The minimum absolute atomic E-state index is 0.134. The third kappa shape index (κ3) is 6.32. The molecule has 1 aromatic heterocycles. The second-order valence-electron chi connectivity index (χ2n) is 6.37. The Morgan fingerprint density at radius 1 is 1.33 bits per heavy atom. The van der Waals surface area contributed by atoms with Gasteiger partial charge in [-0.25, -0.2) is 4.98 Å². The van der Waals surface area contributed by atoms with Crippen LogP contribution >= 0.6 is 11.3 Å². The van der Waals surface area contributed by atoms with E-state index in [1.165, 1.54) is 4.88 Å². The van der Waals surface area contributed by atoms with E-state index < -0.39 is 0 Å². The number of aromatic nitrogens is 1. The van der Waals surface area contributed by atoms with Crippen LogP contribution in [-0.2, 0) is 11.3 Å². The van der Waals surface area contributed by atoms with Crippen LogP contribution < -0.4 is 10.2 Å². The van der Waals surface area contributed by atoms with Gasteiger partial charge in [-0.15, -0.1) is 11.3 Å². The zero-order valence-electron chi connectivity index (χ0n) is 14.4. The van der Waals surface area contributed by atoms with Crippen LogP contribution in [0.15, 0.2) is 6.20 Å². The lowest BCUT2D eigenvalue weighted by Crippen LogP contribution is -2.37. The normalized spacial score (nSPS) is 12.1. The predicted octanol–water partition coefficient (Wildman–Crippen LogP) is 3.67. The summed E-state index contributed by atoms with van der Waals surface area (Å²) in [5.74, 6) is 0. The SMILES string of the molecule is CCC(CC)N(CCOC)c1ncc(CNC(C)(C)C)s1. The van der Waals surface area contributed by atoms with Crippen molar-refractivity contribution in [1.29, 1.82) is 0 Å². The van der Waals surface area contributed by atoms with Crippen molar-refractivity contribution in [2.75, 3.05) is 25.2 Å². The molecule has 0 aromatic carbocycles. The van der Waals surface area contributed by atoms with E-state index in [2.05, 4.69) is 49.8 Å². The molecule has 0 spiro atoms. The molecular formula is C16H31N3OS. The average Bonchev–Trinajstić information content (AvgIpc) is 2.89. The molecule has 0 radical (unpaired) electrons. The molecule has 0 aliphatic heterocycles. The lowest BCUT2D eigenvalue weighted by atomic mass is 10.1. The van der Waals surface area contributed by atoms with Crippen molar-refractivity contribution in [2.24, 2.45) is 0 Å². The first kappa shape index (κ1) is 18.4. The van der Waals surface area contributed by atoms with Gasteiger partial charge < -0.3 is 15.0 Å². The monoisotopic (exact) mass is 313 g/mol. The van der Waals surface area contributed by atoms with Crippen molar-refractivity contribution in [3.63, 3.8) is 0 Å². The van der Waals surface area contributed by atoms with Crippen molar-refractivity contribution >= 4 is 16.5 Å². The van der Waals surface area contributed by atoms with Gasteiger partial charge in [0.1, 0.15) is 0 Å². The van der Waals surface area contributed by atoms with Gasteiger partial charge in [0.2, 0.25) is 0 Å². The Morgan fingerprint density at radius 3 is 2.52 bits per heavy atom. The number of hydrogen-bond acceptors (Lipinski definition) is 5. The van der Waals surface area contributed by atoms with E-state index in [4.69, 9.17) is 4.74 Å². The first-order chi connectivity index (χ1) is 9.91. The van der Waals surface area contributed by atoms with Crippen molar-refractivity contribution in [3.8, 4) is 0 Å². The molecule has 0 fully saturated rings. The summed E-state index contributed by atoms with van der Waals surface area (Å²) in [5, 5.41) is 4.64. The second-order valence-corrected chi connectivity index (χ2v) is 7.46. The van der Waals surface area contributed by atoms with Gasteiger partial charge in [-0.2, -0.15) is 0 Å². The molecule has 1 aromatic rings. The number of methoxy groups -OCH3 is 1. The molecule has 0 saturated heterocycles. The van der Waals surface area contributed by atoms with E-state index >= 15 is 0 Å². The van der Waals surface area contributed by atoms with Gasteiger partial charge in [0.05, 0.1) is 6.61 Å². The van der Waals surface area contributed by atoms with E-state index in [0.717, 1.165) is 37.7 Å². The van der Waals surface area contributed by atoms with E-state index in [1.54, 1.807) is 18.4 Å². The second kappa shape index (κ2) is 8.71. The minimum atomic E-state index is 0.134. The van der Waals surface area contributed by atoms with Crippen molar-refractivity contribution < 1.29 is 4.74 Å². The number of nitrogens with one attached hydrogen (secondary N) is 1. The van der Waals surface area contributed by atoms with Gasteiger partial charge in [0.25, 0.3) is 0 Å². The fraction of sp³-hybridized carbons (Fsp3) is 0.812. The number of ether oxygens (including phenoxy) is 1. The van der Waals surface area contributed by atoms with Crippen LogP contribution in [0.4, 0.5) is 5.13 Å². The standard InChI is InChI=1S/C16H31N3OS/c1-7-13(8-2)19(9-10-20-6)15-17-11-14(21-15)12-18-16(3,4)5/h11,13,18H,7-10,12H2,1-6H3. The molecule has 0 unspecified atom stereocenters. The molecule has 1 rings (SSSR count). The highest BCUT2D eigenvalue weighted by Gasteiger charge is 2.19. The van der Waals surface area contributed by atoms with E-state index in [9.17, 15) is 0 Å². The Kier molecular flexibility index (Phi) is 7.63. The lowest BCUT2D eigenvalue weighted by Gasteiger charge is -2.30. The summed E-state index contributed by atoms with van der Waals surface area (Å²) in [6.45, 7) is 13.6. The molecule has 4 nitrogen and oxygen atoms in total. The molecule has 0 aliphatic carbocycles. The Morgan fingerprint density at radius 2 is 2.00 bits per heavy atom. The van der Waals surface area contributed by atoms with Crippen LogP contribution in [0, 0.1) is 0 Å². The summed E-state index contributed by atoms with van der Waals surface area (Å²) in [4.78, 5) is 8.32. The summed E-state index contributed by atoms with van der Waals surface area (Å²) in [7, 11) is 1.76. The summed E-state index contributed by atoms with van der Waals surface area (Å²) in [6, 6.07) is 0.537. The topological polar surface area (TPSA) is 37.4 Å². The maximum Gasteiger partial charge on any atom is 0.185 e. The molecule has 1 heterocycles. The Balaban J connectivity index is 2.76. The number of nitrogens with zero attached hydrogens (tertiary/aromatic N) is 2. The molecular weight excluding hydrogens is 282 g/mol. The maximum absolute atomic E-state index is 5.25.